The van der Waals surface area contributed by atoms with Crippen LogP contribution in [0.25, 0.3) is 6.08 Å². The summed E-state index contributed by atoms with van der Waals surface area (Å²) in [6.45, 7) is 7.85. The molecule has 0 fully saturated rings. The zero-order valence-corrected chi connectivity index (χ0v) is 22.0. The fourth-order valence-corrected chi connectivity index (χ4v) is 5.16. The minimum absolute atomic E-state index is 0.0509. The van der Waals surface area contributed by atoms with Crippen molar-refractivity contribution in [3.63, 3.8) is 0 Å². The van der Waals surface area contributed by atoms with Gasteiger partial charge in [0.25, 0.3) is 5.56 Å². The second kappa shape index (κ2) is 11.3. The number of hydrogen-bond acceptors (Lipinski definition) is 8. The molecule has 37 heavy (non-hydrogen) atoms. The van der Waals surface area contributed by atoms with Crippen LogP contribution in [0, 0.1) is 0 Å². The maximum absolute atomic E-state index is 13.7. The fourth-order valence-electron chi connectivity index (χ4n) is 4.12. The number of carbonyl (C=O) groups excluding carboxylic acids is 1. The van der Waals surface area contributed by atoms with Crippen LogP contribution in [0.5, 0.6) is 17.2 Å². The quantitative estimate of drug-likeness (QED) is 0.318. The Kier molecular flexibility index (Phi) is 7.93. The van der Waals surface area contributed by atoms with Crippen molar-refractivity contribution < 1.29 is 23.7 Å². The van der Waals surface area contributed by atoms with Crippen LogP contribution in [0.1, 0.15) is 31.0 Å². The first-order valence-corrected chi connectivity index (χ1v) is 12.5. The maximum atomic E-state index is 13.7. The van der Waals surface area contributed by atoms with Gasteiger partial charge in [-0.25, -0.2) is 9.79 Å². The van der Waals surface area contributed by atoms with Crippen molar-refractivity contribution in [2.75, 3.05) is 27.4 Å². The predicted molar refractivity (Wildman–Crippen MR) is 142 cm³/mol. The average Bonchev–Trinajstić information content (AvgIpc) is 3.21. The highest BCUT2D eigenvalue weighted by Gasteiger charge is 2.33. The highest BCUT2D eigenvalue weighted by molar-refractivity contribution is 7.07. The van der Waals surface area contributed by atoms with Gasteiger partial charge in [0.1, 0.15) is 12.4 Å². The van der Waals surface area contributed by atoms with Gasteiger partial charge in [0.05, 0.1) is 42.7 Å². The number of benzene rings is 2. The summed E-state index contributed by atoms with van der Waals surface area (Å²) in [5.74, 6) is 1.30. The number of ether oxygens (including phenoxy) is 4. The summed E-state index contributed by atoms with van der Waals surface area (Å²) in [6, 6.07) is 12.0. The third-order valence-electron chi connectivity index (χ3n) is 5.79. The number of nitrogens with zero attached hydrogens (tertiary/aromatic N) is 2. The molecule has 1 unspecified atom stereocenters. The number of thiazole rings is 1. The molecule has 9 heteroatoms. The standard InChI is InChI=1S/C28H28N2O6S/c1-6-14-36-27(32)24-17(3)29-28-30(25(24)19-9-11-20(12-10-19)35-7-2)26(31)23(37-28)16-18-8-13-21(33-4)22(15-18)34-5/h6,8-13,15-16,25H,1,7,14H2,2-5H3. The third-order valence-corrected chi connectivity index (χ3v) is 6.77. The van der Waals surface area contributed by atoms with Crippen LogP contribution >= 0.6 is 11.3 Å². The van der Waals surface area contributed by atoms with Gasteiger partial charge in [-0.1, -0.05) is 42.2 Å². The van der Waals surface area contributed by atoms with Crippen molar-refractivity contribution in [2.45, 2.75) is 19.9 Å². The van der Waals surface area contributed by atoms with Crippen LogP contribution in [-0.2, 0) is 9.53 Å². The Hall–Kier alpha value is -4.11. The van der Waals surface area contributed by atoms with Crippen LogP contribution in [0.2, 0.25) is 0 Å². The van der Waals surface area contributed by atoms with Gasteiger partial charge in [-0.15, -0.1) is 0 Å². The topological polar surface area (TPSA) is 88.4 Å². The Bertz CT molecular complexity index is 1530. The van der Waals surface area contributed by atoms with Crippen LogP contribution in [-0.4, -0.2) is 38.0 Å². The molecule has 1 aromatic heterocycles. The normalized spacial score (nSPS) is 15.0. The molecular weight excluding hydrogens is 492 g/mol. The molecule has 0 spiro atoms. The summed E-state index contributed by atoms with van der Waals surface area (Å²) >= 11 is 1.25. The van der Waals surface area contributed by atoms with Crippen molar-refractivity contribution in [2.24, 2.45) is 4.99 Å². The monoisotopic (exact) mass is 520 g/mol. The Morgan fingerprint density at radius 2 is 1.86 bits per heavy atom. The molecule has 0 bridgehead atoms. The van der Waals surface area contributed by atoms with E-state index >= 15 is 0 Å². The maximum Gasteiger partial charge on any atom is 0.338 e. The summed E-state index contributed by atoms with van der Waals surface area (Å²) in [7, 11) is 3.12. The molecule has 3 aromatic rings. The second-order valence-corrected chi connectivity index (χ2v) is 9.09. The zero-order chi connectivity index (χ0) is 26.5. The minimum Gasteiger partial charge on any atom is -0.494 e. The van der Waals surface area contributed by atoms with Crippen molar-refractivity contribution in [1.82, 2.24) is 4.57 Å². The zero-order valence-electron chi connectivity index (χ0n) is 21.1. The SMILES string of the molecule is C=CCOC(=O)C1=C(C)N=c2sc(=Cc3ccc(OC)c(OC)c3)c(=O)n2C1c1ccc(OCC)cc1. The lowest BCUT2D eigenvalue weighted by Crippen LogP contribution is -2.39. The van der Waals surface area contributed by atoms with E-state index in [-0.39, 0.29) is 12.2 Å². The Morgan fingerprint density at radius 3 is 2.51 bits per heavy atom. The van der Waals surface area contributed by atoms with Crippen molar-refractivity contribution in [3.8, 4) is 17.2 Å². The highest BCUT2D eigenvalue weighted by atomic mass is 32.1. The van der Waals surface area contributed by atoms with Crippen molar-refractivity contribution in [1.29, 1.82) is 0 Å². The first-order chi connectivity index (χ1) is 17.9. The average molecular weight is 521 g/mol. The highest BCUT2D eigenvalue weighted by Crippen LogP contribution is 2.32. The smallest absolute Gasteiger partial charge is 0.338 e. The number of aromatic nitrogens is 1. The second-order valence-electron chi connectivity index (χ2n) is 8.09. The number of rotatable bonds is 9. The summed E-state index contributed by atoms with van der Waals surface area (Å²) in [5, 5.41) is 0. The largest absolute Gasteiger partial charge is 0.494 e. The summed E-state index contributed by atoms with van der Waals surface area (Å²) in [6.07, 6.45) is 3.27. The molecule has 4 rings (SSSR count). The number of methoxy groups -OCH3 is 2. The van der Waals surface area contributed by atoms with Crippen LogP contribution < -0.4 is 29.1 Å². The molecule has 8 nitrogen and oxygen atoms in total. The summed E-state index contributed by atoms with van der Waals surface area (Å²) < 4.78 is 23.7. The van der Waals surface area contributed by atoms with Crippen molar-refractivity contribution >= 4 is 23.4 Å². The molecule has 2 aromatic carbocycles. The first-order valence-electron chi connectivity index (χ1n) is 11.7. The van der Waals surface area contributed by atoms with E-state index in [9.17, 15) is 9.59 Å². The molecular formula is C28H28N2O6S. The van der Waals surface area contributed by atoms with Gasteiger partial charge >= 0.3 is 5.97 Å². The van der Waals surface area contributed by atoms with E-state index in [1.807, 2.05) is 37.3 Å². The number of fused-ring (bicyclic) bond motifs is 1. The first kappa shape index (κ1) is 26.0. The predicted octanol–water partition coefficient (Wildman–Crippen LogP) is 3.38. The number of esters is 1. The molecule has 0 aliphatic carbocycles. The lowest BCUT2D eigenvalue weighted by molar-refractivity contribution is -0.138. The molecule has 2 heterocycles. The van der Waals surface area contributed by atoms with E-state index in [1.165, 1.54) is 17.4 Å². The van der Waals surface area contributed by atoms with Gasteiger partial charge in [-0.3, -0.25) is 9.36 Å². The van der Waals surface area contributed by atoms with Gasteiger partial charge in [0, 0.05) is 0 Å². The van der Waals surface area contributed by atoms with Gasteiger partial charge in [-0.05, 0) is 55.3 Å². The lowest BCUT2D eigenvalue weighted by atomic mass is 9.96. The van der Waals surface area contributed by atoms with Crippen LogP contribution in [0.4, 0.5) is 0 Å². The van der Waals surface area contributed by atoms with E-state index in [0.717, 1.165) is 11.1 Å². The molecule has 0 radical (unpaired) electrons. The molecule has 1 aliphatic heterocycles. The molecule has 0 N–H and O–H groups in total. The van der Waals surface area contributed by atoms with Crippen LogP contribution in [0.3, 0.4) is 0 Å². The van der Waals surface area contributed by atoms with E-state index in [2.05, 4.69) is 11.6 Å². The molecule has 1 aliphatic rings. The fraction of sp³-hybridized carbons (Fsp3) is 0.250. The third kappa shape index (κ3) is 5.22. The van der Waals surface area contributed by atoms with Crippen molar-refractivity contribution in [3.05, 3.63) is 97.2 Å². The summed E-state index contributed by atoms with van der Waals surface area (Å²) in [4.78, 5) is 32.0. The number of hydrogen-bond donors (Lipinski definition) is 0. The van der Waals surface area contributed by atoms with E-state index in [1.54, 1.807) is 43.9 Å². The van der Waals surface area contributed by atoms with Gasteiger partial charge in [-0.2, -0.15) is 0 Å². The molecule has 0 amide bonds. The number of carbonyl (C=O) groups is 1. The Balaban J connectivity index is 1.89. The van der Waals surface area contributed by atoms with E-state index < -0.39 is 12.0 Å². The van der Waals surface area contributed by atoms with Crippen LogP contribution in [0.15, 0.2) is 76.2 Å². The lowest BCUT2D eigenvalue weighted by Gasteiger charge is -2.24. The molecule has 0 saturated heterocycles. The molecule has 0 saturated carbocycles. The van der Waals surface area contributed by atoms with Gasteiger partial charge in [0.15, 0.2) is 16.3 Å². The summed E-state index contributed by atoms with van der Waals surface area (Å²) in [5.41, 5.74) is 2.03. The Morgan fingerprint density at radius 1 is 1.14 bits per heavy atom. The van der Waals surface area contributed by atoms with Gasteiger partial charge in [0.2, 0.25) is 0 Å². The van der Waals surface area contributed by atoms with E-state index in [4.69, 9.17) is 18.9 Å². The Labute approximate surface area is 218 Å². The molecule has 1 atom stereocenters. The molecule has 192 valence electrons. The number of allylic oxidation sites excluding steroid dienone is 1. The van der Waals surface area contributed by atoms with E-state index in [0.29, 0.717) is 44.5 Å². The van der Waals surface area contributed by atoms with Gasteiger partial charge < -0.3 is 18.9 Å². The minimum atomic E-state index is -0.711.